The van der Waals surface area contributed by atoms with Gasteiger partial charge in [0, 0.05) is 0 Å². The van der Waals surface area contributed by atoms with E-state index in [1.807, 2.05) is 49.4 Å². The van der Waals surface area contributed by atoms with Gasteiger partial charge >= 0.3 is 0 Å². The molecule has 2 N–H and O–H groups in total. The molecule has 1 heterocycles. The van der Waals surface area contributed by atoms with Gasteiger partial charge in [-0.1, -0.05) is 79.7 Å². The third-order valence-corrected chi connectivity index (χ3v) is 7.17. The number of aryl methyl sites for hydroxylation is 1. The second kappa shape index (κ2) is 14.4. The van der Waals surface area contributed by atoms with Gasteiger partial charge in [0.25, 0.3) is 5.91 Å². The molecule has 208 valence electrons. The van der Waals surface area contributed by atoms with Crippen molar-refractivity contribution in [2.75, 3.05) is 6.67 Å². The van der Waals surface area contributed by atoms with Gasteiger partial charge in [0.2, 0.25) is 12.3 Å². The molecule has 0 radical (unpaired) electrons. The quantitative estimate of drug-likeness (QED) is 0.110. The second-order valence-electron chi connectivity index (χ2n) is 9.35. The lowest BCUT2D eigenvalue weighted by atomic mass is 9.89. The molecule has 0 aliphatic rings. The van der Waals surface area contributed by atoms with Gasteiger partial charge in [-0.05, 0) is 69.2 Å². The number of hydrogen-bond donors (Lipinski definition) is 2. The van der Waals surface area contributed by atoms with Crippen LogP contribution in [0.15, 0.2) is 94.0 Å². The van der Waals surface area contributed by atoms with E-state index in [9.17, 15) is 14.4 Å². The molecule has 0 unspecified atom stereocenters. The molecule has 0 saturated heterocycles. The molecular weight excluding hydrogens is 574 g/mol. The van der Waals surface area contributed by atoms with Gasteiger partial charge in [0.15, 0.2) is 10.4 Å². The SMILES string of the molecule is CC[C@H]([C@@H](CCc1ccc2ccccc2c1)C(=O)NCNC(=O)c1ccc(Br)o1)N(C=O)OCc1ccccc1. The number of nitrogens with one attached hydrogen (secondary N) is 2. The number of amides is 3. The maximum Gasteiger partial charge on any atom is 0.288 e. The first-order chi connectivity index (χ1) is 19.5. The summed E-state index contributed by atoms with van der Waals surface area (Å²) in [6.07, 6.45) is 2.22. The molecule has 3 amide bonds. The average Bonchev–Trinajstić information content (AvgIpc) is 3.43. The molecule has 1 aromatic heterocycles. The summed E-state index contributed by atoms with van der Waals surface area (Å²) in [6, 6.07) is 26.5. The minimum Gasteiger partial charge on any atom is -0.444 e. The fraction of sp³-hybridized carbons (Fsp3) is 0.258. The van der Waals surface area contributed by atoms with Crippen LogP contribution in [0.4, 0.5) is 0 Å². The minimum atomic E-state index is -0.591. The molecule has 3 aromatic carbocycles. The Morgan fingerprint density at radius 3 is 2.40 bits per heavy atom. The van der Waals surface area contributed by atoms with Crippen LogP contribution in [-0.4, -0.2) is 36.0 Å². The van der Waals surface area contributed by atoms with Gasteiger partial charge in [-0.15, -0.1) is 0 Å². The summed E-state index contributed by atoms with van der Waals surface area (Å²) in [5.41, 5.74) is 2.00. The number of benzene rings is 3. The first-order valence-electron chi connectivity index (χ1n) is 13.2. The number of hydroxylamine groups is 2. The Balaban J connectivity index is 1.47. The highest BCUT2D eigenvalue weighted by atomic mass is 79.9. The molecule has 0 bridgehead atoms. The number of halogens is 1. The minimum absolute atomic E-state index is 0.0924. The Kier molecular flexibility index (Phi) is 10.5. The summed E-state index contributed by atoms with van der Waals surface area (Å²) < 4.78 is 5.70. The van der Waals surface area contributed by atoms with Crippen LogP contribution in [0.5, 0.6) is 0 Å². The Labute approximate surface area is 241 Å². The van der Waals surface area contributed by atoms with Gasteiger partial charge in [0.1, 0.15) is 6.61 Å². The topological polar surface area (TPSA) is 101 Å². The molecule has 4 rings (SSSR count). The van der Waals surface area contributed by atoms with Crippen molar-refractivity contribution in [3.63, 3.8) is 0 Å². The number of furan rings is 1. The number of carbonyl (C=O) groups is 3. The smallest absolute Gasteiger partial charge is 0.288 e. The van der Waals surface area contributed by atoms with Crippen molar-refractivity contribution in [2.45, 2.75) is 38.8 Å². The van der Waals surface area contributed by atoms with Crippen molar-refractivity contribution in [3.8, 4) is 0 Å². The fourth-order valence-corrected chi connectivity index (χ4v) is 4.96. The van der Waals surface area contributed by atoms with E-state index in [1.165, 1.54) is 11.1 Å². The predicted octanol–water partition coefficient (Wildman–Crippen LogP) is 5.62. The predicted molar refractivity (Wildman–Crippen MR) is 156 cm³/mol. The highest BCUT2D eigenvalue weighted by Gasteiger charge is 2.32. The number of rotatable bonds is 14. The lowest BCUT2D eigenvalue weighted by Crippen LogP contribution is -2.48. The summed E-state index contributed by atoms with van der Waals surface area (Å²) in [6.45, 7) is 2.02. The summed E-state index contributed by atoms with van der Waals surface area (Å²) in [5.74, 6) is -1.20. The van der Waals surface area contributed by atoms with Gasteiger partial charge in [-0.3, -0.25) is 19.2 Å². The number of hydrogen-bond acceptors (Lipinski definition) is 5. The fourth-order valence-electron chi connectivity index (χ4n) is 4.65. The third kappa shape index (κ3) is 7.80. The first-order valence-corrected chi connectivity index (χ1v) is 14.0. The maximum absolute atomic E-state index is 13.5. The van der Waals surface area contributed by atoms with E-state index < -0.39 is 17.9 Å². The normalized spacial score (nSPS) is 12.4. The van der Waals surface area contributed by atoms with Crippen LogP contribution in [0.3, 0.4) is 0 Å². The van der Waals surface area contributed by atoms with Crippen LogP contribution in [0, 0.1) is 5.92 Å². The highest BCUT2D eigenvalue weighted by Crippen LogP contribution is 2.24. The molecule has 4 aromatic rings. The summed E-state index contributed by atoms with van der Waals surface area (Å²) in [4.78, 5) is 43.8. The average molecular weight is 607 g/mol. The molecule has 9 heteroatoms. The van der Waals surface area contributed by atoms with Gasteiger partial charge in [-0.25, -0.2) is 5.06 Å². The molecule has 0 saturated carbocycles. The van der Waals surface area contributed by atoms with Crippen LogP contribution >= 0.6 is 15.9 Å². The van der Waals surface area contributed by atoms with Crippen LogP contribution < -0.4 is 10.6 Å². The van der Waals surface area contributed by atoms with E-state index in [-0.39, 0.29) is 24.9 Å². The zero-order valence-corrected chi connectivity index (χ0v) is 23.8. The summed E-state index contributed by atoms with van der Waals surface area (Å²) >= 11 is 3.17. The van der Waals surface area contributed by atoms with Gasteiger partial charge in [0.05, 0.1) is 18.6 Å². The Bertz CT molecular complexity index is 1420. The summed E-state index contributed by atoms with van der Waals surface area (Å²) in [7, 11) is 0. The van der Waals surface area contributed by atoms with E-state index in [4.69, 9.17) is 9.25 Å². The lowest BCUT2D eigenvalue weighted by Gasteiger charge is -2.32. The molecule has 8 nitrogen and oxygen atoms in total. The first kappa shape index (κ1) is 29.0. The highest BCUT2D eigenvalue weighted by molar-refractivity contribution is 9.10. The van der Waals surface area contributed by atoms with Gasteiger partial charge in [-0.2, -0.15) is 0 Å². The standard InChI is InChI=1S/C31H32BrN3O5/c1-2-27(35(21-36)39-19-23-8-4-3-5-9-23)26(15-13-22-12-14-24-10-6-7-11-25(24)18-22)30(37)33-20-34-31(38)28-16-17-29(32)40-28/h3-12,14,16-18,21,26-27H,2,13,15,19-20H2,1H3,(H,33,37)(H,34,38)/t26-,27-/m1/s1. The molecule has 2 atom stereocenters. The van der Waals surface area contributed by atoms with Crippen LogP contribution in [0.1, 0.15) is 41.4 Å². The van der Waals surface area contributed by atoms with Crippen molar-refractivity contribution in [2.24, 2.45) is 5.92 Å². The van der Waals surface area contributed by atoms with Crippen LogP contribution in [-0.2, 0) is 27.5 Å². The van der Waals surface area contributed by atoms with E-state index in [0.717, 1.165) is 21.9 Å². The third-order valence-electron chi connectivity index (χ3n) is 6.74. The molecule has 40 heavy (non-hydrogen) atoms. The largest absolute Gasteiger partial charge is 0.444 e. The van der Waals surface area contributed by atoms with Crippen LogP contribution in [0.25, 0.3) is 10.8 Å². The lowest BCUT2D eigenvalue weighted by molar-refractivity contribution is -0.200. The Morgan fingerprint density at radius 2 is 1.70 bits per heavy atom. The zero-order chi connectivity index (χ0) is 28.3. The zero-order valence-electron chi connectivity index (χ0n) is 22.2. The Hall–Kier alpha value is -3.95. The Morgan fingerprint density at radius 1 is 0.950 bits per heavy atom. The number of carbonyl (C=O) groups excluding carboxylic acids is 3. The molecule has 0 aliphatic carbocycles. The maximum atomic E-state index is 13.5. The number of fused-ring (bicyclic) bond motifs is 1. The van der Waals surface area contributed by atoms with Crippen molar-refractivity contribution in [3.05, 3.63) is 106 Å². The van der Waals surface area contributed by atoms with Crippen molar-refractivity contribution < 1.29 is 23.6 Å². The van der Waals surface area contributed by atoms with E-state index >= 15 is 0 Å². The van der Waals surface area contributed by atoms with Crippen LogP contribution in [0.2, 0.25) is 0 Å². The van der Waals surface area contributed by atoms with E-state index in [2.05, 4.69) is 56.9 Å². The second-order valence-corrected chi connectivity index (χ2v) is 10.1. The number of nitrogens with zero attached hydrogens (tertiary/aromatic N) is 1. The monoisotopic (exact) mass is 605 g/mol. The van der Waals surface area contributed by atoms with Crippen molar-refractivity contribution in [1.82, 2.24) is 15.7 Å². The van der Waals surface area contributed by atoms with Crippen molar-refractivity contribution in [1.29, 1.82) is 0 Å². The van der Waals surface area contributed by atoms with Gasteiger partial charge < -0.3 is 15.1 Å². The molecule has 0 spiro atoms. The molecule has 0 fully saturated rings. The van der Waals surface area contributed by atoms with Crippen molar-refractivity contribution >= 4 is 44.9 Å². The molecule has 0 aliphatic heterocycles. The summed E-state index contributed by atoms with van der Waals surface area (Å²) in [5, 5.41) is 8.96. The van der Waals surface area contributed by atoms with E-state index in [0.29, 0.717) is 30.3 Å². The van der Waals surface area contributed by atoms with E-state index in [1.54, 1.807) is 6.07 Å². The molecular formula is C31H32BrN3O5.